The summed E-state index contributed by atoms with van der Waals surface area (Å²) in [6.45, 7) is 5.19. The summed E-state index contributed by atoms with van der Waals surface area (Å²) in [4.78, 5) is 0. The summed E-state index contributed by atoms with van der Waals surface area (Å²) in [5.74, 6) is 0.655. The highest BCUT2D eigenvalue weighted by atomic mass is 35.5. The number of aromatic nitrogens is 2. The Morgan fingerprint density at radius 3 is 2.58 bits per heavy atom. The summed E-state index contributed by atoms with van der Waals surface area (Å²) in [5.41, 5.74) is 1.79. The molecule has 0 radical (unpaired) electrons. The molecule has 1 aromatic carbocycles. The lowest BCUT2D eigenvalue weighted by Gasteiger charge is -2.09. The van der Waals surface area contributed by atoms with Crippen LogP contribution in [0.15, 0.2) is 24.3 Å². The van der Waals surface area contributed by atoms with Crippen LogP contribution in [0, 0.1) is 0 Å². The molecule has 1 heterocycles. The summed E-state index contributed by atoms with van der Waals surface area (Å²) in [5, 5.41) is 5.74. The molecule has 0 bridgehead atoms. The van der Waals surface area contributed by atoms with Gasteiger partial charge in [-0.15, -0.1) is 0 Å². The molecule has 1 aromatic heterocycles. The van der Waals surface area contributed by atoms with Crippen LogP contribution in [0.4, 0.5) is 0 Å². The van der Waals surface area contributed by atoms with Gasteiger partial charge in [0, 0.05) is 6.54 Å². The number of benzene rings is 1. The zero-order valence-corrected chi connectivity index (χ0v) is 12.5. The number of hydrogen-bond acceptors (Lipinski definition) is 2. The van der Waals surface area contributed by atoms with E-state index in [9.17, 15) is 0 Å². The number of rotatable bonds is 5. The minimum absolute atomic E-state index is 0.364. The molecule has 2 aromatic rings. The fourth-order valence-electron chi connectivity index (χ4n) is 1.86. The molecule has 0 fully saturated rings. The van der Waals surface area contributed by atoms with E-state index in [1.165, 1.54) is 0 Å². The van der Waals surface area contributed by atoms with Crippen molar-refractivity contribution in [2.45, 2.75) is 33.4 Å². The summed E-state index contributed by atoms with van der Waals surface area (Å²) < 4.78 is 7.60. The van der Waals surface area contributed by atoms with Crippen molar-refractivity contribution >= 4 is 23.2 Å². The average molecular weight is 299 g/mol. The van der Waals surface area contributed by atoms with Crippen LogP contribution < -0.4 is 4.74 Å². The lowest BCUT2D eigenvalue weighted by Crippen LogP contribution is -2.06. The highest BCUT2D eigenvalue weighted by Crippen LogP contribution is 2.27. The largest absolute Gasteiger partial charge is 0.486 e. The zero-order valence-electron chi connectivity index (χ0n) is 11.0. The van der Waals surface area contributed by atoms with E-state index in [0.29, 0.717) is 22.4 Å². The maximum atomic E-state index is 6.32. The highest BCUT2D eigenvalue weighted by molar-refractivity contribution is 6.32. The molecule has 3 nitrogen and oxygen atoms in total. The Kier molecular flexibility index (Phi) is 4.72. The summed E-state index contributed by atoms with van der Waals surface area (Å²) in [7, 11) is 0. The van der Waals surface area contributed by atoms with E-state index in [1.807, 2.05) is 36.7 Å². The number of nitrogens with zero attached hydrogens (tertiary/aromatic N) is 2. The van der Waals surface area contributed by atoms with Crippen LogP contribution in [0.3, 0.4) is 0 Å². The zero-order chi connectivity index (χ0) is 13.8. The first-order chi connectivity index (χ1) is 9.17. The molecular weight excluding hydrogens is 283 g/mol. The van der Waals surface area contributed by atoms with Crippen LogP contribution in [0.1, 0.15) is 25.2 Å². The van der Waals surface area contributed by atoms with Crippen LogP contribution in [-0.2, 0) is 19.6 Å². The Morgan fingerprint density at radius 1 is 1.21 bits per heavy atom. The Balaban J connectivity index is 2.20. The Morgan fingerprint density at radius 2 is 1.95 bits per heavy atom. The Bertz CT molecular complexity index is 567. The summed E-state index contributed by atoms with van der Waals surface area (Å²) in [6.07, 6.45) is 0.810. The van der Waals surface area contributed by atoms with Gasteiger partial charge in [0.1, 0.15) is 12.4 Å². The van der Waals surface area contributed by atoms with Crippen LogP contribution in [0.2, 0.25) is 10.0 Å². The number of para-hydroxylation sites is 1. The molecule has 19 heavy (non-hydrogen) atoms. The van der Waals surface area contributed by atoms with E-state index in [2.05, 4.69) is 5.10 Å². The lowest BCUT2D eigenvalue weighted by molar-refractivity contribution is 0.293. The minimum Gasteiger partial charge on any atom is -0.486 e. The van der Waals surface area contributed by atoms with Crippen LogP contribution >= 0.6 is 23.2 Å². The lowest BCUT2D eigenvalue weighted by atomic mass is 10.3. The quantitative estimate of drug-likeness (QED) is 0.820. The van der Waals surface area contributed by atoms with Crippen molar-refractivity contribution < 1.29 is 4.74 Å². The fourth-order valence-corrected chi connectivity index (χ4v) is 2.38. The van der Waals surface area contributed by atoms with Gasteiger partial charge in [0.05, 0.1) is 21.4 Å². The van der Waals surface area contributed by atoms with Crippen molar-refractivity contribution in [1.82, 2.24) is 9.78 Å². The van der Waals surface area contributed by atoms with Crippen LogP contribution in [-0.4, -0.2) is 9.78 Å². The Labute approximate surface area is 123 Å². The second kappa shape index (κ2) is 6.31. The van der Waals surface area contributed by atoms with Crippen molar-refractivity contribution in [3.8, 4) is 5.75 Å². The summed E-state index contributed by atoms with van der Waals surface area (Å²) >= 11 is 12.4. The first kappa shape index (κ1) is 14.2. The molecule has 0 saturated carbocycles. The number of hydrogen-bond donors (Lipinski definition) is 0. The SMILES string of the molecule is CCc1nn(CC)c(COc2ccccc2Cl)c1Cl. The van der Waals surface area contributed by atoms with E-state index in [4.69, 9.17) is 27.9 Å². The Hall–Kier alpha value is -1.19. The van der Waals surface area contributed by atoms with Crippen molar-refractivity contribution in [2.75, 3.05) is 0 Å². The van der Waals surface area contributed by atoms with Gasteiger partial charge in [0.25, 0.3) is 0 Å². The first-order valence-corrected chi connectivity index (χ1v) is 7.04. The van der Waals surface area contributed by atoms with Gasteiger partial charge in [-0.25, -0.2) is 0 Å². The number of halogens is 2. The monoisotopic (exact) mass is 298 g/mol. The smallest absolute Gasteiger partial charge is 0.138 e. The van der Waals surface area contributed by atoms with Gasteiger partial charge in [-0.2, -0.15) is 5.10 Å². The van der Waals surface area contributed by atoms with Gasteiger partial charge in [-0.3, -0.25) is 4.68 Å². The van der Waals surface area contributed by atoms with E-state index in [1.54, 1.807) is 6.07 Å². The molecule has 0 N–H and O–H groups in total. The molecule has 5 heteroatoms. The molecule has 0 amide bonds. The molecule has 0 unspecified atom stereocenters. The normalized spacial score (nSPS) is 10.7. The average Bonchev–Trinajstić information content (AvgIpc) is 2.74. The topological polar surface area (TPSA) is 27.1 Å². The van der Waals surface area contributed by atoms with Gasteiger partial charge >= 0.3 is 0 Å². The first-order valence-electron chi connectivity index (χ1n) is 6.28. The third-order valence-electron chi connectivity index (χ3n) is 2.90. The molecule has 0 atom stereocenters. The van der Waals surface area contributed by atoms with E-state index in [0.717, 1.165) is 24.4 Å². The highest BCUT2D eigenvalue weighted by Gasteiger charge is 2.15. The molecule has 0 spiro atoms. The minimum atomic E-state index is 0.364. The van der Waals surface area contributed by atoms with E-state index >= 15 is 0 Å². The van der Waals surface area contributed by atoms with Crippen molar-refractivity contribution in [2.24, 2.45) is 0 Å². The summed E-state index contributed by atoms with van der Waals surface area (Å²) in [6, 6.07) is 7.39. The van der Waals surface area contributed by atoms with Gasteiger partial charge in [0.2, 0.25) is 0 Å². The van der Waals surface area contributed by atoms with Gasteiger partial charge in [-0.1, -0.05) is 42.3 Å². The molecular formula is C14H16Cl2N2O. The molecule has 0 aliphatic heterocycles. The van der Waals surface area contributed by atoms with Crippen molar-refractivity contribution in [3.05, 3.63) is 45.7 Å². The van der Waals surface area contributed by atoms with Gasteiger partial charge in [-0.05, 0) is 25.5 Å². The van der Waals surface area contributed by atoms with Crippen molar-refractivity contribution in [1.29, 1.82) is 0 Å². The third-order valence-corrected chi connectivity index (χ3v) is 3.64. The van der Waals surface area contributed by atoms with E-state index < -0.39 is 0 Å². The molecule has 0 aliphatic carbocycles. The number of aryl methyl sites for hydroxylation is 2. The van der Waals surface area contributed by atoms with Crippen LogP contribution in [0.5, 0.6) is 5.75 Å². The maximum absolute atomic E-state index is 6.32. The van der Waals surface area contributed by atoms with E-state index in [-0.39, 0.29) is 0 Å². The predicted molar refractivity (Wildman–Crippen MR) is 78.1 cm³/mol. The number of ether oxygens (including phenoxy) is 1. The molecule has 102 valence electrons. The standard InChI is InChI=1S/C14H16Cl2N2O/c1-3-11-14(16)12(18(4-2)17-11)9-19-13-8-6-5-7-10(13)15/h5-8H,3-4,9H2,1-2H3. The van der Waals surface area contributed by atoms with Crippen LogP contribution in [0.25, 0.3) is 0 Å². The van der Waals surface area contributed by atoms with Gasteiger partial charge < -0.3 is 4.74 Å². The maximum Gasteiger partial charge on any atom is 0.138 e. The molecule has 0 saturated heterocycles. The fraction of sp³-hybridized carbons (Fsp3) is 0.357. The second-order valence-corrected chi connectivity index (χ2v) is 4.88. The molecule has 2 rings (SSSR count). The van der Waals surface area contributed by atoms with Crippen molar-refractivity contribution in [3.63, 3.8) is 0 Å². The predicted octanol–water partition coefficient (Wildman–Crippen LogP) is 4.35. The van der Waals surface area contributed by atoms with Gasteiger partial charge in [0.15, 0.2) is 0 Å². The third kappa shape index (κ3) is 3.04. The molecule has 0 aliphatic rings. The second-order valence-electron chi connectivity index (χ2n) is 4.10.